The van der Waals surface area contributed by atoms with Gasteiger partial charge in [0, 0.05) is 28.2 Å². The summed E-state index contributed by atoms with van der Waals surface area (Å²) in [7, 11) is 0. The molecule has 6 rings (SSSR count). The number of nitrogens with zero attached hydrogens (tertiary/aromatic N) is 2. The quantitative estimate of drug-likeness (QED) is 0.180. The van der Waals surface area contributed by atoms with Gasteiger partial charge in [-0.1, -0.05) is 103 Å². The first-order valence-electron chi connectivity index (χ1n) is 14.4. The highest BCUT2D eigenvalue weighted by Gasteiger charge is 2.43. The third kappa shape index (κ3) is 5.73. The van der Waals surface area contributed by atoms with E-state index in [0.29, 0.717) is 28.8 Å². The smallest absolute Gasteiger partial charge is 0.258 e. The highest BCUT2D eigenvalue weighted by molar-refractivity contribution is 7.99. The third-order valence-corrected chi connectivity index (χ3v) is 9.76. The van der Waals surface area contributed by atoms with Gasteiger partial charge in [0.1, 0.15) is 0 Å². The summed E-state index contributed by atoms with van der Waals surface area (Å²) in [4.78, 5) is 32.8. The van der Waals surface area contributed by atoms with E-state index in [-0.39, 0.29) is 22.6 Å². The minimum Gasteiger partial charge on any atom is -0.325 e. The van der Waals surface area contributed by atoms with Crippen LogP contribution in [0.5, 0.6) is 0 Å². The van der Waals surface area contributed by atoms with Crippen molar-refractivity contribution in [3.05, 3.63) is 110 Å². The molecule has 1 aromatic heterocycles. The molecule has 210 valence electrons. The van der Waals surface area contributed by atoms with Gasteiger partial charge >= 0.3 is 0 Å². The average Bonchev–Trinajstić information content (AvgIpc) is 2.98. The lowest BCUT2D eigenvalue weighted by Crippen LogP contribution is -2.43. The van der Waals surface area contributed by atoms with Crippen LogP contribution in [0.2, 0.25) is 5.02 Å². The number of fused-ring (bicyclic) bond motifs is 4. The Morgan fingerprint density at radius 3 is 2.59 bits per heavy atom. The van der Waals surface area contributed by atoms with Gasteiger partial charge < -0.3 is 5.32 Å². The molecule has 0 aliphatic heterocycles. The monoisotopic (exact) mass is 583 g/mol. The van der Waals surface area contributed by atoms with Crippen LogP contribution in [0.3, 0.4) is 0 Å². The van der Waals surface area contributed by atoms with Crippen LogP contribution in [0.1, 0.15) is 54.4 Å². The van der Waals surface area contributed by atoms with Gasteiger partial charge in [-0.25, -0.2) is 4.98 Å². The van der Waals surface area contributed by atoms with Crippen LogP contribution in [-0.4, -0.2) is 21.2 Å². The number of amides is 1. The van der Waals surface area contributed by atoms with E-state index in [4.69, 9.17) is 16.6 Å². The van der Waals surface area contributed by atoms with Crippen LogP contribution in [0.4, 0.5) is 5.69 Å². The van der Waals surface area contributed by atoms with E-state index in [2.05, 4.69) is 35.6 Å². The van der Waals surface area contributed by atoms with Gasteiger partial charge in [0.05, 0.1) is 17.0 Å². The van der Waals surface area contributed by atoms with Crippen molar-refractivity contribution in [2.75, 3.05) is 11.1 Å². The number of benzene rings is 3. The Bertz CT molecular complexity index is 1640. The van der Waals surface area contributed by atoms with Gasteiger partial charge in [0.15, 0.2) is 5.16 Å². The summed E-state index contributed by atoms with van der Waals surface area (Å²) in [5.74, 6) is -0.0268. The van der Waals surface area contributed by atoms with Gasteiger partial charge in [0.25, 0.3) is 5.56 Å². The van der Waals surface area contributed by atoms with Crippen molar-refractivity contribution < 1.29 is 4.79 Å². The molecule has 0 unspecified atom stereocenters. The Morgan fingerprint density at radius 1 is 1.02 bits per heavy atom. The first kappa shape index (κ1) is 27.8. The number of thioether (sulfide) groups is 1. The van der Waals surface area contributed by atoms with Crippen LogP contribution < -0.4 is 10.9 Å². The lowest BCUT2D eigenvalue weighted by molar-refractivity contribution is -0.113. The van der Waals surface area contributed by atoms with Crippen molar-refractivity contribution in [3.63, 3.8) is 0 Å². The maximum Gasteiger partial charge on any atom is 0.258 e. The molecule has 1 N–H and O–H groups in total. The largest absolute Gasteiger partial charge is 0.325 e. The number of anilines is 1. The van der Waals surface area contributed by atoms with Crippen LogP contribution in [0.15, 0.2) is 82.7 Å². The molecule has 3 aromatic carbocycles. The lowest BCUT2D eigenvalue weighted by Gasteiger charge is -2.42. The highest BCUT2D eigenvalue weighted by atomic mass is 35.5. The van der Waals surface area contributed by atoms with Crippen molar-refractivity contribution >= 4 is 35.0 Å². The number of carbonyl (C=O) groups is 1. The molecule has 0 atom stereocenters. The van der Waals surface area contributed by atoms with E-state index in [0.717, 1.165) is 54.5 Å². The molecule has 4 aromatic rings. The van der Waals surface area contributed by atoms with E-state index in [9.17, 15) is 9.59 Å². The minimum atomic E-state index is -0.175. The summed E-state index contributed by atoms with van der Waals surface area (Å²) < 4.78 is 1.83. The maximum atomic E-state index is 14.6. The molecular formula is C34H34ClN3O2S. The van der Waals surface area contributed by atoms with Gasteiger partial charge in [-0.3, -0.25) is 14.2 Å². The van der Waals surface area contributed by atoms with Crippen LogP contribution in [0, 0.1) is 6.92 Å². The fourth-order valence-corrected chi connectivity index (χ4v) is 7.45. The lowest BCUT2D eigenvalue weighted by atomic mass is 9.62. The number of aromatic nitrogens is 2. The molecule has 1 amide bonds. The Morgan fingerprint density at radius 2 is 1.78 bits per heavy atom. The Labute approximate surface area is 250 Å². The van der Waals surface area contributed by atoms with E-state index in [1.165, 1.54) is 29.3 Å². The molecule has 2 aliphatic rings. The van der Waals surface area contributed by atoms with E-state index in [1.54, 1.807) is 12.1 Å². The van der Waals surface area contributed by atoms with Gasteiger partial charge in [0.2, 0.25) is 5.91 Å². The van der Waals surface area contributed by atoms with Gasteiger partial charge in [-0.05, 0) is 61.4 Å². The molecule has 1 fully saturated rings. The zero-order chi connectivity index (χ0) is 28.4. The number of hydrogen-bond donors (Lipinski definition) is 1. The molecule has 41 heavy (non-hydrogen) atoms. The Balaban J connectivity index is 1.39. The fourth-order valence-electron chi connectivity index (χ4n) is 6.46. The molecule has 7 heteroatoms. The van der Waals surface area contributed by atoms with Crippen molar-refractivity contribution in [2.45, 2.75) is 69.0 Å². The molecule has 2 aliphatic carbocycles. The number of aryl methyl sites for hydroxylation is 2. The number of carbonyl (C=O) groups excluding carboxylic acids is 1. The van der Waals surface area contributed by atoms with E-state index < -0.39 is 0 Å². The summed E-state index contributed by atoms with van der Waals surface area (Å²) in [5.41, 5.74) is 6.68. The van der Waals surface area contributed by atoms with Gasteiger partial charge in [-0.2, -0.15) is 0 Å². The Kier molecular flexibility index (Phi) is 8.05. The van der Waals surface area contributed by atoms with Crippen LogP contribution in [0.25, 0.3) is 11.3 Å². The molecule has 0 radical (unpaired) electrons. The van der Waals surface area contributed by atoms with Crippen molar-refractivity contribution in [1.29, 1.82) is 0 Å². The Hall–Kier alpha value is -3.35. The third-order valence-electron chi connectivity index (χ3n) is 8.55. The SMILES string of the molecule is Cc1ccc(Cl)cc1NC(=O)CSc1nc2c(c(=O)n1CCc1ccccc1)C1(CCCCC1)Cc1ccccc1-2. The zero-order valence-electron chi connectivity index (χ0n) is 23.3. The first-order chi connectivity index (χ1) is 19.9. The predicted octanol–water partition coefficient (Wildman–Crippen LogP) is 7.60. The van der Waals surface area contributed by atoms with Crippen molar-refractivity contribution in [3.8, 4) is 11.3 Å². The molecule has 1 spiro atoms. The number of hydrogen-bond acceptors (Lipinski definition) is 4. The van der Waals surface area contributed by atoms with Crippen LogP contribution in [-0.2, 0) is 29.6 Å². The summed E-state index contributed by atoms with van der Waals surface area (Å²) in [6.45, 7) is 2.45. The molecule has 0 saturated heterocycles. The maximum absolute atomic E-state index is 14.6. The molecule has 0 bridgehead atoms. The normalized spacial score (nSPS) is 15.3. The predicted molar refractivity (Wildman–Crippen MR) is 168 cm³/mol. The van der Waals surface area contributed by atoms with Crippen LogP contribution >= 0.6 is 23.4 Å². The number of rotatable bonds is 7. The van der Waals surface area contributed by atoms with E-state index in [1.807, 2.05) is 41.8 Å². The summed E-state index contributed by atoms with van der Waals surface area (Å²) in [6, 6.07) is 24.1. The number of nitrogens with one attached hydrogen (secondary N) is 1. The highest BCUT2D eigenvalue weighted by Crippen LogP contribution is 2.48. The molecule has 5 nitrogen and oxygen atoms in total. The molecule has 1 saturated carbocycles. The number of halogens is 1. The first-order valence-corrected chi connectivity index (χ1v) is 15.8. The second-order valence-corrected chi connectivity index (χ2v) is 12.7. The summed E-state index contributed by atoms with van der Waals surface area (Å²) >= 11 is 7.49. The van der Waals surface area contributed by atoms with E-state index >= 15 is 0 Å². The van der Waals surface area contributed by atoms with Gasteiger partial charge in [-0.15, -0.1) is 0 Å². The average molecular weight is 584 g/mol. The second kappa shape index (κ2) is 11.9. The minimum absolute atomic E-state index is 0.0518. The molecule has 1 heterocycles. The fraction of sp³-hybridized carbons (Fsp3) is 0.324. The van der Waals surface area contributed by atoms with Crippen molar-refractivity contribution in [1.82, 2.24) is 9.55 Å². The topological polar surface area (TPSA) is 64.0 Å². The molecular weight excluding hydrogens is 550 g/mol. The van der Waals surface area contributed by atoms with Crippen molar-refractivity contribution in [2.24, 2.45) is 0 Å². The standard InChI is InChI=1S/C34H34ClN3O2S/c1-23-14-15-26(35)20-28(23)36-29(39)22-41-33-37-31-27-13-7-6-12-25(27)21-34(17-8-3-9-18-34)30(31)32(40)38(33)19-16-24-10-4-2-5-11-24/h2,4-7,10-15,20H,3,8-9,16-19,21-22H2,1H3,(H,36,39). The second-order valence-electron chi connectivity index (χ2n) is 11.3. The summed E-state index contributed by atoms with van der Waals surface area (Å²) in [5, 5.41) is 4.14. The zero-order valence-corrected chi connectivity index (χ0v) is 24.9. The summed E-state index contributed by atoms with van der Waals surface area (Å²) in [6.07, 6.45) is 7.10.